The van der Waals surface area contributed by atoms with Crippen molar-refractivity contribution in [3.8, 4) is 0 Å². The molecule has 0 saturated carbocycles. The number of aryl methyl sites for hydroxylation is 1. The molecule has 0 aliphatic carbocycles. The van der Waals surface area contributed by atoms with Crippen molar-refractivity contribution in [1.82, 2.24) is 10.3 Å². The summed E-state index contributed by atoms with van der Waals surface area (Å²) in [6, 6.07) is 9.04. The smallest absolute Gasteiger partial charge is 0.255 e. The molecule has 108 valence electrons. The van der Waals surface area contributed by atoms with Gasteiger partial charge in [-0.15, -0.1) is 0 Å². The molecule has 3 nitrogen and oxygen atoms in total. The summed E-state index contributed by atoms with van der Waals surface area (Å²) < 4.78 is 5.34. The average Bonchev–Trinajstić information content (AvgIpc) is 2.94. The number of nitrogens with one attached hydrogen (secondary N) is 1. The maximum absolute atomic E-state index is 5.34. The molecule has 0 bridgehead atoms. The third kappa shape index (κ3) is 4.12. The Hall–Kier alpha value is -1.26. The number of aromatic nitrogens is 1. The lowest BCUT2D eigenvalue weighted by molar-refractivity contribution is 0.449. The van der Waals surface area contributed by atoms with Gasteiger partial charge >= 0.3 is 0 Å². The van der Waals surface area contributed by atoms with Crippen LogP contribution in [-0.4, -0.2) is 16.8 Å². The molecule has 4 heteroatoms. The second kappa shape index (κ2) is 7.50. The zero-order valence-corrected chi connectivity index (χ0v) is 13.1. The molecule has 0 fully saturated rings. The highest BCUT2D eigenvalue weighted by atomic mass is 32.2. The molecule has 2 unspecified atom stereocenters. The lowest BCUT2D eigenvalue weighted by Gasteiger charge is -2.24. The second-order valence-corrected chi connectivity index (χ2v) is 6.29. The van der Waals surface area contributed by atoms with Gasteiger partial charge < -0.3 is 9.73 Å². The Morgan fingerprint density at radius 2 is 2.05 bits per heavy atom. The molecule has 1 N–H and O–H groups in total. The molecule has 1 aromatic heterocycles. The van der Waals surface area contributed by atoms with Crippen molar-refractivity contribution >= 4 is 11.8 Å². The van der Waals surface area contributed by atoms with Gasteiger partial charge in [0.05, 0.1) is 6.20 Å². The number of hydrogen-bond acceptors (Lipinski definition) is 4. The van der Waals surface area contributed by atoms with Crippen molar-refractivity contribution in [2.75, 3.05) is 6.54 Å². The van der Waals surface area contributed by atoms with Crippen LogP contribution in [0.15, 0.2) is 46.4 Å². The van der Waals surface area contributed by atoms with Crippen LogP contribution < -0.4 is 5.32 Å². The Labute approximate surface area is 125 Å². The van der Waals surface area contributed by atoms with Crippen molar-refractivity contribution in [3.63, 3.8) is 0 Å². The summed E-state index contributed by atoms with van der Waals surface area (Å²) in [5, 5.41) is 4.71. The molecule has 0 aliphatic rings. The van der Waals surface area contributed by atoms with Gasteiger partial charge in [0.1, 0.15) is 6.26 Å². The molecule has 1 aromatic carbocycles. The highest BCUT2D eigenvalue weighted by Crippen LogP contribution is 2.31. The van der Waals surface area contributed by atoms with Crippen molar-refractivity contribution in [2.45, 2.75) is 43.7 Å². The highest BCUT2D eigenvalue weighted by molar-refractivity contribution is 7.99. The van der Waals surface area contributed by atoms with Gasteiger partial charge in [-0.05, 0) is 25.5 Å². The predicted octanol–water partition coefficient (Wildman–Crippen LogP) is 4.20. The zero-order valence-electron chi connectivity index (χ0n) is 12.3. The number of thioether (sulfide) groups is 1. The lowest BCUT2D eigenvalue weighted by atomic mass is 10.0. The molecular formula is C16H22N2OS. The van der Waals surface area contributed by atoms with Crippen molar-refractivity contribution in [3.05, 3.63) is 47.9 Å². The maximum Gasteiger partial charge on any atom is 0.255 e. The SMILES string of the molecule is CCCNC(c1ccc(C)cc1)C(C)Sc1ncco1. The number of rotatable bonds is 7. The van der Waals surface area contributed by atoms with Gasteiger partial charge in [-0.2, -0.15) is 0 Å². The van der Waals surface area contributed by atoms with Gasteiger partial charge in [0.25, 0.3) is 5.22 Å². The number of oxazole rings is 1. The van der Waals surface area contributed by atoms with E-state index in [4.69, 9.17) is 4.42 Å². The fourth-order valence-electron chi connectivity index (χ4n) is 2.12. The minimum atomic E-state index is 0.299. The van der Waals surface area contributed by atoms with E-state index in [0.29, 0.717) is 11.3 Å². The van der Waals surface area contributed by atoms with E-state index in [1.54, 1.807) is 24.2 Å². The molecule has 0 spiro atoms. The van der Waals surface area contributed by atoms with E-state index in [1.807, 2.05) is 0 Å². The van der Waals surface area contributed by atoms with E-state index < -0.39 is 0 Å². The first-order valence-electron chi connectivity index (χ1n) is 7.06. The van der Waals surface area contributed by atoms with Gasteiger partial charge in [-0.25, -0.2) is 4.98 Å². The Kier molecular flexibility index (Phi) is 5.68. The molecule has 0 radical (unpaired) electrons. The van der Waals surface area contributed by atoms with Crippen LogP contribution in [0.3, 0.4) is 0 Å². The van der Waals surface area contributed by atoms with Crippen molar-refractivity contribution in [2.24, 2.45) is 0 Å². The molecule has 0 aliphatic heterocycles. The molecule has 1 heterocycles. The van der Waals surface area contributed by atoms with E-state index in [-0.39, 0.29) is 0 Å². The van der Waals surface area contributed by atoms with Gasteiger partial charge in [0, 0.05) is 11.3 Å². The standard InChI is InChI=1S/C16H22N2OS/c1-4-9-17-15(14-7-5-12(2)6-8-14)13(3)20-16-18-10-11-19-16/h5-8,10-11,13,15,17H,4,9H2,1-3H3. The van der Waals surface area contributed by atoms with Gasteiger partial charge in [-0.1, -0.05) is 55.4 Å². The van der Waals surface area contributed by atoms with Crippen LogP contribution in [0.2, 0.25) is 0 Å². The van der Waals surface area contributed by atoms with Crippen molar-refractivity contribution < 1.29 is 4.42 Å². The molecule has 0 amide bonds. The van der Waals surface area contributed by atoms with Crippen LogP contribution in [0, 0.1) is 6.92 Å². The summed E-state index contributed by atoms with van der Waals surface area (Å²) >= 11 is 1.67. The average molecular weight is 290 g/mol. The molecule has 0 saturated heterocycles. The summed E-state index contributed by atoms with van der Waals surface area (Å²) in [6.07, 6.45) is 4.43. The van der Waals surface area contributed by atoms with Gasteiger partial charge in [0.15, 0.2) is 0 Å². The Morgan fingerprint density at radius 1 is 1.30 bits per heavy atom. The van der Waals surface area contributed by atoms with Crippen LogP contribution in [0.5, 0.6) is 0 Å². The van der Waals surface area contributed by atoms with E-state index >= 15 is 0 Å². The second-order valence-electron chi connectivity index (χ2n) is 4.96. The Morgan fingerprint density at radius 3 is 2.65 bits per heavy atom. The Balaban J connectivity index is 2.11. The first kappa shape index (κ1) is 15.1. The molecule has 2 atom stereocenters. The largest absolute Gasteiger partial charge is 0.440 e. The summed E-state index contributed by atoms with van der Waals surface area (Å²) in [6.45, 7) is 7.52. The van der Waals surface area contributed by atoms with Crippen LogP contribution in [-0.2, 0) is 0 Å². The third-order valence-corrected chi connectivity index (χ3v) is 4.26. The first-order chi connectivity index (χ1) is 9.70. The Bertz CT molecular complexity index is 496. The fraction of sp³-hybridized carbons (Fsp3) is 0.438. The minimum Gasteiger partial charge on any atom is -0.440 e. The third-order valence-electron chi connectivity index (χ3n) is 3.22. The zero-order chi connectivity index (χ0) is 14.4. The van der Waals surface area contributed by atoms with Gasteiger partial charge in [-0.3, -0.25) is 0 Å². The summed E-state index contributed by atoms with van der Waals surface area (Å²) in [5.41, 5.74) is 2.60. The topological polar surface area (TPSA) is 38.1 Å². The quantitative estimate of drug-likeness (QED) is 0.775. The number of hydrogen-bond donors (Lipinski definition) is 1. The van der Waals surface area contributed by atoms with Crippen LogP contribution in [0.4, 0.5) is 0 Å². The van der Waals surface area contributed by atoms with Crippen molar-refractivity contribution in [1.29, 1.82) is 0 Å². The summed E-state index contributed by atoms with van der Waals surface area (Å²) in [5.74, 6) is 0. The number of benzene rings is 1. The molecule has 2 rings (SSSR count). The van der Waals surface area contributed by atoms with Gasteiger partial charge in [0.2, 0.25) is 0 Å². The summed E-state index contributed by atoms with van der Waals surface area (Å²) in [7, 11) is 0. The van der Waals surface area contributed by atoms with Crippen LogP contribution >= 0.6 is 11.8 Å². The molecular weight excluding hydrogens is 268 g/mol. The highest BCUT2D eigenvalue weighted by Gasteiger charge is 2.21. The van der Waals surface area contributed by atoms with E-state index in [2.05, 4.69) is 55.3 Å². The van der Waals surface area contributed by atoms with Crippen LogP contribution in [0.25, 0.3) is 0 Å². The summed E-state index contributed by atoms with van der Waals surface area (Å²) in [4.78, 5) is 4.20. The van der Waals surface area contributed by atoms with E-state index in [1.165, 1.54) is 11.1 Å². The van der Waals surface area contributed by atoms with Crippen LogP contribution in [0.1, 0.15) is 37.4 Å². The molecule has 2 aromatic rings. The first-order valence-corrected chi connectivity index (χ1v) is 7.94. The fourth-order valence-corrected chi connectivity index (χ4v) is 3.06. The lowest BCUT2D eigenvalue weighted by Crippen LogP contribution is -2.29. The predicted molar refractivity (Wildman–Crippen MR) is 84.0 cm³/mol. The van der Waals surface area contributed by atoms with E-state index in [0.717, 1.165) is 18.2 Å². The minimum absolute atomic E-state index is 0.299. The van der Waals surface area contributed by atoms with E-state index in [9.17, 15) is 0 Å². The molecule has 20 heavy (non-hydrogen) atoms. The normalized spacial score (nSPS) is 14.2. The monoisotopic (exact) mass is 290 g/mol. The number of nitrogens with zero attached hydrogens (tertiary/aromatic N) is 1. The maximum atomic E-state index is 5.34.